The van der Waals surface area contributed by atoms with Gasteiger partial charge in [0.1, 0.15) is 0 Å². The summed E-state index contributed by atoms with van der Waals surface area (Å²) in [6, 6.07) is 1.45. The molecule has 0 saturated carbocycles. The Morgan fingerprint density at radius 3 is 2.90 bits per heavy atom. The molecule has 56 valence electrons. The lowest BCUT2D eigenvalue weighted by Gasteiger charge is -2.04. The molecule has 1 atom stereocenters. The summed E-state index contributed by atoms with van der Waals surface area (Å²) in [7, 11) is 0. The number of aliphatic hydroxyl groups excluding tert-OH is 1. The Labute approximate surface area is 68.2 Å². The van der Waals surface area contributed by atoms with Crippen molar-refractivity contribution in [2.45, 2.75) is 6.04 Å². The van der Waals surface area contributed by atoms with Gasteiger partial charge in [0, 0.05) is 4.88 Å². The minimum Gasteiger partial charge on any atom is -0.394 e. The zero-order valence-electron chi connectivity index (χ0n) is 5.25. The molecule has 0 saturated heterocycles. The van der Waals surface area contributed by atoms with Crippen LogP contribution >= 0.6 is 22.9 Å². The van der Waals surface area contributed by atoms with Gasteiger partial charge >= 0.3 is 0 Å². The summed E-state index contributed by atoms with van der Waals surface area (Å²) in [5.41, 5.74) is 5.52. The Bertz CT molecular complexity index is 213. The smallest absolute Gasteiger partial charge is 0.0639 e. The quantitative estimate of drug-likeness (QED) is 0.718. The van der Waals surface area contributed by atoms with Gasteiger partial charge < -0.3 is 10.8 Å². The van der Waals surface area contributed by atoms with Crippen LogP contribution in [0.5, 0.6) is 0 Å². The molecule has 0 aliphatic carbocycles. The Balaban J connectivity index is 2.82. The number of hydrogen-bond acceptors (Lipinski definition) is 3. The maximum absolute atomic E-state index is 8.65. The van der Waals surface area contributed by atoms with E-state index in [1.165, 1.54) is 11.3 Å². The molecule has 0 fully saturated rings. The lowest BCUT2D eigenvalue weighted by molar-refractivity contribution is 0.269. The Morgan fingerprint density at radius 2 is 2.50 bits per heavy atom. The van der Waals surface area contributed by atoms with Crippen LogP contribution in [0.1, 0.15) is 10.9 Å². The van der Waals surface area contributed by atoms with E-state index >= 15 is 0 Å². The van der Waals surface area contributed by atoms with Crippen LogP contribution in [0.3, 0.4) is 0 Å². The van der Waals surface area contributed by atoms with Gasteiger partial charge in [-0.25, -0.2) is 0 Å². The fourth-order valence-corrected chi connectivity index (χ4v) is 1.85. The van der Waals surface area contributed by atoms with Gasteiger partial charge in [0.15, 0.2) is 0 Å². The fraction of sp³-hybridized carbons (Fsp3) is 0.333. The van der Waals surface area contributed by atoms with Gasteiger partial charge in [-0.3, -0.25) is 0 Å². The second-order valence-corrected chi connectivity index (χ2v) is 3.28. The van der Waals surface area contributed by atoms with Crippen molar-refractivity contribution in [3.63, 3.8) is 0 Å². The van der Waals surface area contributed by atoms with Crippen molar-refractivity contribution >= 4 is 22.9 Å². The second-order valence-electron chi connectivity index (χ2n) is 1.92. The maximum atomic E-state index is 8.65. The molecule has 1 aromatic rings. The lowest BCUT2D eigenvalue weighted by Crippen LogP contribution is -2.12. The molecule has 10 heavy (non-hydrogen) atoms. The van der Waals surface area contributed by atoms with E-state index in [2.05, 4.69) is 0 Å². The van der Waals surface area contributed by atoms with Crippen LogP contribution in [0.15, 0.2) is 11.4 Å². The summed E-state index contributed by atoms with van der Waals surface area (Å²) >= 11 is 7.20. The van der Waals surface area contributed by atoms with Crippen molar-refractivity contribution < 1.29 is 5.11 Å². The average Bonchev–Trinajstić information content (AvgIpc) is 2.34. The lowest BCUT2D eigenvalue weighted by atomic mass is 10.3. The molecule has 1 unspecified atom stereocenters. The minimum atomic E-state index is -0.326. The topological polar surface area (TPSA) is 46.2 Å². The first-order valence-corrected chi connectivity index (χ1v) is 4.10. The monoisotopic (exact) mass is 177 g/mol. The summed E-state index contributed by atoms with van der Waals surface area (Å²) in [4.78, 5) is 0.851. The standard InChI is InChI=1S/C6H8ClNOS/c7-4-1-2-10-6(4)5(8)3-9/h1-2,5,9H,3,8H2. The van der Waals surface area contributed by atoms with Gasteiger partial charge in [0.25, 0.3) is 0 Å². The molecule has 0 bridgehead atoms. The molecule has 0 amide bonds. The van der Waals surface area contributed by atoms with Crippen molar-refractivity contribution in [3.8, 4) is 0 Å². The molecule has 1 rings (SSSR count). The van der Waals surface area contributed by atoms with E-state index in [1.807, 2.05) is 5.38 Å². The number of nitrogens with two attached hydrogens (primary N) is 1. The van der Waals surface area contributed by atoms with Crippen LogP contribution in [-0.2, 0) is 0 Å². The third kappa shape index (κ3) is 1.49. The van der Waals surface area contributed by atoms with Crippen molar-refractivity contribution in [2.24, 2.45) is 5.73 Å². The summed E-state index contributed by atoms with van der Waals surface area (Å²) in [6.07, 6.45) is 0. The van der Waals surface area contributed by atoms with E-state index in [4.69, 9.17) is 22.4 Å². The van der Waals surface area contributed by atoms with Crippen LogP contribution in [0.2, 0.25) is 5.02 Å². The third-order valence-electron chi connectivity index (χ3n) is 1.18. The summed E-state index contributed by atoms with van der Waals surface area (Å²) < 4.78 is 0. The summed E-state index contributed by atoms with van der Waals surface area (Å²) in [5.74, 6) is 0. The van der Waals surface area contributed by atoms with Gasteiger partial charge in [0.05, 0.1) is 17.7 Å². The molecule has 0 spiro atoms. The SMILES string of the molecule is NC(CO)c1sccc1Cl. The van der Waals surface area contributed by atoms with E-state index in [9.17, 15) is 0 Å². The second kappa shape index (κ2) is 3.34. The molecule has 0 aliphatic rings. The highest BCUT2D eigenvalue weighted by Crippen LogP contribution is 2.26. The summed E-state index contributed by atoms with van der Waals surface area (Å²) in [6.45, 7) is -0.0553. The van der Waals surface area contributed by atoms with Gasteiger partial charge in [-0.1, -0.05) is 11.6 Å². The van der Waals surface area contributed by atoms with Crippen molar-refractivity contribution in [3.05, 3.63) is 21.3 Å². The molecule has 0 radical (unpaired) electrons. The van der Waals surface area contributed by atoms with Crippen LogP contribution in [0.25, 0.3) is 0 Å². The average molecular weight is 178 g/mol. The highest BCUT2D eigenvalue weighted by atomic mass is 35.5. The van der Waals surface area contributed by atoms with Gasteiger partial charge in [-0.05, 0) is 11.4 Å². The number of hydrogen-bond donors (Lipinski definition) is 2. The van der Waals surface area contributed by atoms with E-state index in [0.717, 1.165) is 4.88 Å². The molecule has 0 aliphatic heterocycles. The fourth-order valence-electron chi connectivity index (χ4n) is 0.653. The minimum absolute atomic E-state index is 0.0553. The predicted molar refractivity (Wildman–Crippen MR) is 43.3 cm³/mol. The van der Waals surface area contributed by atoms with Crippen molar-refractivity contribution in [1.29, 1.82) is 0 Å². The first-order chi connectivity index (χ1) is 4.75. The van der Waals surface area contributed by atoms with E-state index in [1.54, 1.807) is 6.07 Å². The Morgan fingerprint density at radius 1 is 1.80 bits per heavy atom. The van der Waals surface area contributed by atoms with E-state index < -0.39 is 0 Å². The normalized spacial score (nSPS) is 13.5. The Hall–Kier alpha value is -0.0900. The van der Waals surface area contributed by atoms with Crippen LogP contribution in [0.4, 0.5) is 0 Å². The molecule has 2 nitrogen and oxygen atoms in total. The molecule has 1 aromatic heterocycles. The molecule has 1 heterocycles. The Kier molecular flexibility index (Phi) is 2.68. The molecule has 3 N–H and O–H groups in total. The van der Waals surface area contributed by atoms with Gasteiger partial charge in [0.2, 0.25) is 0 Å². The number of aliphatic hydroxyl groups is 1. The summed E-state index contributed by atoms with van der Waals surface area (Å²) in [5, 5.41) is 11.2. The zero-order valence-corrected chi connectivity index (χ0v) is 6.82. The first-order valence-electron chi connectivity index (χ1n) is 2.85. The number of thiophene rings is 1. The van der Waals surface area contributed by atoms with E-state index in [0.29, 0.717) is 5.02 Å². The van der Waals surface area contributed by atoms with Crippen molar-refractivity contribution in [2.75, 3.05) is 6.61 Å². The molecule has 0 aromatic carbocycles. The highest BCUT2D eigenvalue weighted by Gasteiger charge is 2.09. The first kappa shape index (κ1) is 8.01. The van der Waals surface area contributed by atoms with Crippen LogP contribution < -0.4 is 5.73 Å². The van der Waals surface area contributed by atoms with Crippen LogP contribution in [0, 0.1) is 0 Å². The van der Waals surface area contributed by atoms with Crippen molar-refractivity contribution in [1.82, 2.24) is 0 Å². The maximum Gasteiger partial charge on any atom is 0.0639 e. The molecular formula is C6H8ClNOS. The van der Waals surface area contributed by atoms with Gasteiger partial charge in [-0.2, -0.15) is 0 Å². The van der Waals surface area contributed by atoms with Gasteiger partial charge in [-0.15, -0.1) is 11.3 Å². The number of rotatable bonds is 2. The molecular weight excluding hydrogens is 170 g/mol. The largest absolute Gasteiger partial charge is 0.394 e. The molecule has 4 heteroatoms. The third-order valence-corrected chi connectivity index (χ3v) is 2.67. The predicted octanol–water partition coefficient (Wildman–Crippen LogP) is 1.39. The number of halogens is 1. The van der Waals surface area contributed by atoms with Crippen LogP contribution in [-0.4, -0.2) is 11.7 Å². The van der Waals surface area contributed by atoms with E-state index in [-0.39, 0.29) is 12.6 Å². The zero-order chi connectivity index (χ0) is 7.56. The highest BCUT2D eigenvalue weighted by molar-refractivity contribution is 7.10.